The monoisotopic (exact) mass is 138 g/mol. The Morgan fingerprint density at radius 2 is 1.50 bits per heavy atom. The third-order valence-corrected chi connectivity index (χ3v) is 1.22. The lowest BCUT2D eigenvalue weighted by atomic mass is 10.9. The van der Waals surface area contributed by atoms with E-state index in [9.17, 15) is 0 Å². The first kappa shape index (κ1) is 11.2. The molecule has 0 aromatic heterocycles. The van der Waals surface area contributed by atoms with Gasteiger partial charge in [-0.1, -0.05) is 7.43 Å². The van der Waals surface area contributed by atoms with Gasteiger partial charge in [-0.25, -0.2) is 0 Å². The van der Waals surface area contributed by atoms with Crippen LogP contribution in [0.4, 0.5) is 0 Å². The fourth-order valence-corrected chi connectivity index (χ4v) is 0.479. The summed E-state index contributed by atoms with van der Waals surface area (Å²) < 4.78 is 9.76. The van der Waals surface area contributed by atoms with E-state index in [4.69, 9.17) is 9.05 Å². The van der Waals surface area contributed by atoms with Gasteiger partial charge in [-0.05, 0) is 13.8 Å². The first-order chi connectivity index (χ1) is 3.41. The summed E-state index contributed by atoms with van der Waals surface area (Å²) in [7, 11) is 0.232. The molecule has 0 aromatic rings. The molecule has 0 N–H and O–H groups in total. The van der Waals surface area contributed by atoms with Gasteiger partial charge in [-0.3, -0.25) is 0 Å². The van der Waals surface area contributed by atoms with Gasteiger partial charge in [0.05, 0.1) is 13.2 Å². The second kappa shape index (κ2) is 10.4. The molecule has 0 fully saturated rings. The third kappa shape index (κ3) is 9.61. The van der Waals surface area contributed by atoms with E-state index in [1.165, 1.54) is 0 Å². The van der Waals surface area contributed by atoms with E-state index >= 15 is 0 Å². The van der Waals surface area contributed by atoms with E-state index in [1.807, 2.05) is 13.8 Å². The van der Waals surface area contributed by atoms with Gasteiger partial charge in [0.15, 0.2) is 9.03 Å². The maximum absolute atomic E-state index is 4.88. The molecule has 0 aliphatic carbocycles. The normalized spacial score (nSPS) is 8.25. The van der Waals surface area contributed by atoms with Crippen LogP contribution in [0.25, 0.3) is 0 Å². The van der Waals surface area contributed by atoms with Crippen molar-refractivity contribution in [1.29, 1.82) is 0 Å². The lowest BCUT2D eigenvalue weighted by Gasteiger charge is -1.96. The van der Waals surface area contributed by atoms with Crippen molar-refractivity contribution >= 4 is 9.03 Å². The lowest BCUT2D eigenvalue weighted by molar-refractivity contribution is 0.288. The second-order valence-corrected chi connectivity index (χ2v) is 1.69. The van der Waals surface area contributed by atoms with Crippen molar-refractivity contribution in [3.63, 3.8) is 0 Å². The van der Waals surface area contributed by atoms with Crippen LogP contribution >= 0.6 is 9.03 Å². The zero-order valence-electron chi connectivity index (χ0n) is 4.73. The van der Waals surface area contributed by atoms with E-state index in [-0.39, 0.29) is 16.5 Å². The minimum atomic E-state index is 0. The van der Waals surface area contributed by atoms with Crippen molar-refractivity contribution < 1.29 is 9.05 Å². The summed E-state index contributed by atoms with van der Waals surface area (Å²) in [6.45, 7) is 5.40. The topological polar surface area (TPSA) is 18.5 Å². The highest BCUT2D eigenvalue weighted by molar-refractivity contribution is 7.26. The Balaban J connectivity index is 0. The zero-order chi connectivity index (χ0) is 5.54. The van der Waals surface area contributed by atoms with E-state index in [0.29, 0.717) is 0 Å². The SMILES string of the molecule is C.CCOPOCC. The van der Waals surface area contributed by atoms with Crippen LogP contribution in [0.15, 0.2) is 0 Å². The number of hydrogen-bond acceptors (Lipinski definition) is 2. The minimum Gasteiger partial charge on any atom is -0.337 e. The molecule has 0 saturated heterocycles. The summed E-state index contributed by atoms with van der Waals surface area (Å²) in [5.74, 6) is 0. The Morgan fingerprint density at radius 1 is 1.12 bits per heavy atom. The van der Waals surface area contributed by atoms with Crippen LogP contribution in [-0.4, -0.2) is 13.2 Å². The summed E-state index contributed by atoms with van der Waals surface area (Å²) in [5, 5.41) is 0. The average Bonchev–Trinajstić information content (AvgIpc) is 1.69. The molecule has 3 heteroatoms. The Hall–Kier alpha value is 0.350. The van der Waals surface area contributed by atoms with Gasteiger partial charge in [0.25, 0.3) is 0 Å². The van der Waals surface area contributed by atoms with Crippen LogP contribution in [0.5, 0.6) is 0 Å². The summed E-state index contributed by atoms with van der Waals surface area (Å²) in [5.41, 5.74) is 0. The smallest absolute Gasteiger partial charge is 0.155 e. The standard InChI is InChI=1S/C4H11O2P.CH4/c1-3-5-7-6-4-2;/h7H,3-4H2,1-2H3;1H4. The van der Waals surface area contributed by atoms with Crippen molar-refractivity contribution in [2.45, 2.75) is 21.3 Å². The summed E-state index contributed by atoms with van der Waals surface area (Å²) in [6.07, 6.45) is 0. The molecule has 0 aliphatic heterocycles. The molecule has 0 heterocycles. The van der Waals surface area contributed by atoms with Crippen molar-refractivity contribution in [3.05, 3.63) is 0 Å². The van der Waals surface area contributed by atoms with Crippen LogP contribution in [0.2, 0.25) is 0 Å². The van der Waals surface area contributed by atoms with E-state index in [1.54, 1.807) is 0 Å². The van der Waals surface area contributed by atoms with Crippen LogP contribution in [0.3, 0.4) is 0 Å². The molecule has 0 bridgehead atoms. The predicted molar refractivity (Wildman–Crippen MR) is 38.3 cm³/mol. The van der Waals surface area contributed by atoms with Crippen molar-refractivity contribution in [1.82, 2.24) is 0 Å². The molecule has 0 radical (unpaired) electrons. The summed E-state index contributed by atoms with van der Waals surface area (Å²) >= 11 is 0. The maximum atomic E-state index is 4.88. The van der Waals surface area contributed by atoms with Crippen molar-refractivity contribution in [3.8, 4) is 0 Å². The van der Waals surface area contributed by atoms with Gasteiger partial charge >= 0.3 is 0 Å². The second-order valence-electron chi connectivity index (χ2n) is 0.949. The predicted octanol–water partition coefficient (Wildman–Crippen LogP) is 2.20. The number of hydrogen-bond donors (Lipinski definition) is 0. The molecule has 0 aliphatic rings. The minimum absolute atomic E-state index is 0. The fourth-order valence-electron chi connectivity index (χ4n) is 0.160. The Labute approximate surface area is 53.5 Å². The van der Waals surface area contributed by atoms with Gasteiger partial charge < -0.3 is 9.05 Å². The van der Waals surface area contributed by atoms with Crippen LogP contribution < -0.4 is 0 Å². The van der Waals surface area contributed by atoms with Gasteiger partial charge in [-0.15, -0.1) is 0 Å². The largest absolute Gasteiger partial charge is 0.337 e. The van der Waals surface area contributed by atoms with E-state index in [0.717, 1.165) is 13.2 Å². The fraction of sp³-hybridized carbons (Fsp3) is 1.00. The quantitative estimate of drug-likeness (QED) is 0.438. The maximum Gasteiger partial charge on any atom is 0.155 e. The highest BCUT2D eigenvalue weighted by Crippen LogP contribution is 2.10. The Bertz CT molecular complexity index is 29.6. The van der Waals surface area contributed by atoms with Gasteiger partial charge in [0.1, 0.15) is 0 Å². The molecular weight excluding hydrogens is 123 g/mol. The highest BCUT2D eigenvalue weighted by Gasteiger charge is 1.77. The molecule has 8 heavy (non-hydrogen) atoms. The molecule has 0 aromatic carbocycles. The van der Waals surface area contributed by atoms with Gasteiger partial charge in [0, 0.05) is 0 Å². The first-order valence-corrected chi connectivity index (χ1v) is 3.22. The molecule has 0 spiro atoms. The summed E-state index contributed by atoms with van der Waals surface area (Å²) in [6, 6.07) is 0. The average molecular weight is 138 g/mol. The molecule has 0 unspecified atom stereocenters. The Kier molecular flexibility index (Phi) is 14.5. The zero-order valence-corrected chi connectivity index (χ0v) is 5.73. The molecule has 2 nitrogen and oxygen atoms in total. The molecule has 0 saturated carbocycles. The molecular formula is C5H15O2P. The van der Waals surface area contributed by atoms with Crippen molar-refractivity contribution in [2.24, 2.45) is 0 Å². The lowest BCUT2D eigenvalue weighted by Crippen LogP contribution is -1.78. The molecule has 52 valence electrons. The highest BCUT2D eigenvalue weighted by atomic mass is 31.1. The Morgan fingerprint density at radius 3 is 1.75 bits per heavy atom. The third-order valence-electron chi connectivity index (χ3n) is 0.407. The molecule has 0 atom stereocenters. The van der Waals surface area contributed by atoms with Crippen LogP contribution in [-0.2, 0) is 9.05 Å². The molecule has 0 amide bonds. The van der Waals surface area contributed by atoms with Gasteiger partial charge in [0.2, 0.25) is 0 Å². The van der Waals surface area contributed by atoms with E-state index in [2.05, 4.69) is 0 Å². The van der Waals surface area contributed by atoms with Crippen molar-refractivity contribution in [2.75, 3.05) is 13.2 Å². The molecule has 0 rings (SSSR count). The van der Waals surface area contributed by atoms with Crippen LogP contribution in [0, 0.1) is 0 Å². The van der Waals surface area contributed by atoms with Crippen LogP contribution in [0.1, 0.15) is 21.3 Å². The van der Waals surface area contributed by atoms with E-state index < -0.39 is 0 Å². The first-order valence-electron chi connectivity index (χ1n) is 2.40. The number of rotatable bonds is 4. The van der Waals surface area contributed by atoms with Gasteiger partial charge in [-0.2, -0.15) is 0 Å². The summed E-state index contributed by atoms with van der Waals surface area (Å²) in [4.78, 5) is 0.